The van der Waals surface area contributed by atoms with Gasteiger partial charge < -0.3 is 52.7 Å². The van der Waals surface area contributed by atoms with Crippen LogP contribution in [0.15, 0.2) is 127 Å². The monoisotopic (exact) mass is 859 g/mol. The van der Waals surface area contributed by atoms with Crippen LogP contribution in [0.3, 0.4) is 0 Å². The molecule has 64 heavy (non-hydrogen) atoms. The number of H-pyrrole nitrogens is 3. The topological polar surface area (TPSA) is 273 Å². The third-order valence-electron chi connectivity index (χ3n) is 11.3. The summed E-state index contributed by atoms with van der Waals surface area (Å²) in [4.78, 5) is 78.1. The van der Waals surface area contributed by atoms with Crippen LogP contribution in [0.4, 0.5) is 0 Å². The highest BCUT2D eigenvalue weighted by molar-refractivity contribution is 6.01. The molecule has 12 N–H and O–H groups in total. The smallest absolute Gasteiger partial charge is 0.252 e. The summed E-state index contributed by atoms with van der Waals surface area (Å²) < 4.78 is 2.09. The molecule has 4 amide bonds. The SMILES string of the molecule is NC(=O)[C@H](Cc1c[nH]c2ccccc12)NC(=O)[C@@H](Cc1ccccc1)NC(=O)[C@H](CCCN=C(N)N)NC(=O)c1ccc2c(c1)nc(-c1cnc[nH]1)n2CCc1c[nH]c2ccccc12. The summed E-state index contributed by atoms with van der Waals surface area (Å²) in [6.07, 6.45) is 8.47. The number of carbonyl (C=O) groups is 4. The summed E-state index contributed by atoms with van der Waals surface area (Å²) in [5, 5.41) is 10.6. The molecule has 0 fully saturated rings. The van der Waals surface area contributed by atoms with Gasteiger partial charge in [0.15, 0.2) is 11.8 Å². The van der Waals surface area contributed by atoms with Gasteiger partial charge in [0.1, 0.15) is 23.8 Å². The Bertz CT molecular complexity index is 2950. The Balaban J connectivity index is 1.03. The highest BCUT2D eigenvalue weighted by Crippen LogP contribution is 2.27. The molecule has 0 unspecified atom stereocenters. The second-order valence-electron chi connectivity index (χ2n) is 15.6. The third kappa shape index (κ3) is 9.78. The largest absolute Gasteiger partial charge is 0.370 e. The van der Waals surface area contributed by atoms with E-state index < -0.39 is 41.8 Å². The lowest BCUT2D eigenvalue weighted by molar-refractivity contribution is -0.132. The molecule has 17 heteroatoms. The quantitative estimate of drug-likeness (QED) is 0.0328. The molecule has 0 saturated heterocycles. The number of nitrogens with zero attached hydrogens (tertiary/aromatic N) is 4. The first-order chi connectivity index (χ1) is 31.1. The van der Waals surface area contributed by atoms with E-state index in [0.29, 0.717) is 36.4 Å². The predicted octanol–water partition coefficient (Wildman–Crippen LogP) is 3.72. The number of benzene rings is 4. The van der Waals surface area contributed by atoms with Gasteiger partial charge in [-0.25, -0.2) is 9.97 Å². The molecule has 0 aliphatic carbocycles. The Labute approximate surface area is 367 Å². The van der Waals surface area contributed by atoms with E-state index in [1.807, 2.05) is 85.1 Å². The fourth-order valence-electron chi connectivity index (χ4n) is 8.01. The number of imidazole rings is 2. The van der Waals surface area contributed by atoms with Gasteiger partial charge in [0.2, 0.25) is 17.7 Å². The lowest BCUT2D eigenvalue weighted by Crippen LogP contribution is -2.57. The first kappa shape index (κ1) is 42.5. The molecule has 8 rings (SSSR count). The number of carbonyl (C=O) groups excluding carboxylic acids is 4. The lowest BCUT2D eigenvalue weighted by Gasteiger charge is -2.25. The fraction of sp³-hybridized carbons (Fsp3) is 0.213. The number of hydrogen-bond donors (Lipinski definition) is 9. The average molecular weight is 860 g/mol. The first-order valence-corrected chi connectivity index (χ1v) is 21.0. The number of fused-ring (bicyclic) bond motifs is 3. The van der Waals surface area contributed by atoms with Crippen LogP contribution < -0.4 is 33.2 Å². The van der Waals surface area contributed by atoms with Crippen LogP contribution in [0.5, 0.6) is 0 Å². The number of nitrogens with two attached hydrogens (primary N) is 3. The average Bonchev–Trinajstić information content (AvgIpc) is 4.13. The maximum Gasteiger partial charge on any atom is 0.252 e. The Kier molecular flexibility index (Phi) is 12.8. The van der Waals surface area contributed by atoms with Gasteiger partial charge in [0, 0.05) is 65.7 Å². The Morgan fingerprint density at radius 3 is 2.09 bits per heavy atom. The number of amides is 4. The van der Waals surface area contributed by atoms with Gasteiger partial charge in [0.25, 0.3) is 5.91 Å². The summed E-state index contributed by atoms with van der Waals surface area (Å²) >= 11 is 0. The molecule has 0 aliphatic rings. The van der Waals surface area contributed by atoms with Crippen molar-refractivity contribution < 1.29 is 19.2 Å². The maximum absolute atomic E-state index is 14.3. The predicted molar refractivity (Wildman–Crippen MR) is 246 cm³/mol. The zero-order chi connectivity index (χ0) is 44.6. The highest BCUT2D eigenvalue weighted by atomic mass is 16.2. The molecule has 326 valence electrons. The van der Waals surface area contributed by atoms with E-state index in [9.17, 15) is 19.2 Å². The van der Waals surface area contributed by atoms with Gasteiger partial charge in [-0.2, -0.15) is 0 Å². The fourth-order valence-corrected chi connectivity index (χ4v) is 8.01. The van der Waals surface area contributed by atoms with Crippen molar-refractivity contribution in [2.24, 2.45) is 22.2 Å². The molecule has 8 aromatic rings. The van der Waals surface area contributed by atoms with Crippen molar-refractivity contribution in [1.29, 1.82) is 0 Å². The van der Waals surface area contributed by atoms with Crippen molar-refractivity contribution in [3.63, 3.8) is 0 Å². The van der Waals surface area contributed by atoms with Crippen molar-refractivity contribution in [3.05, 3.63) is 144 Å². The van der Waals surface area contributed by atoms with E-state index in [2.05, 4.69) is 51.5 Å². The van der Waals surface area contributed by atoms with E-state index in [1.54, 1.807) is 30.9 Å². The van der Waals surface area contributed by atoms with Crippen molar-refractivity contribution in [3.8, 4) is 11.5 Å². The zero-order valence-corrected chi connectivity index (χ0v) is 34.9. The Hall–Kier alpha value is -8.21. The van der Waals surface area contributed by atoms with E-state index in [-0.39, 0.29) is 37.3 Å². The van der Waals surface area contributed by atoms with Crippen molar-refractivity contribution in [2.75, 3.05) is 6.54 Å². The minimum Gasteiger partial charge on any atom is -0.370 e. The summed E-state index contributed by atoms with van der Waals surface area (Å²) in [5.41, 5.74) is 24.0. The van der Waals surface area contributed by atoms with Gasteiger partial charge in [-0.1, -0.05) is 66.7 Å². The minimum atomic E-state index is -1.15. The summed E-state index contributed by atoms with van der Waals surface area (Å²) in [7, 11) is 0. The van der Waals surface area contributed by atoms with Gasteiger partial charge in [0.05, 0.1) is 23.6 Å². The molecule has 0 saturated carbocycles. The van der Waals surface area contributed by atoms with Crippen LogP contribution in [0.1, 0.15) is 39.9 Å². The van der Waals surface area contributed by atoms with Crippen LogP contribution in [0.2, 0.25) is 0 Å². The Morgan fingerprint density at radius 1 is 0.719 bits per heavy atom. The molecule has 0 radical (unpaired) electrons. The van der Waals surface area contributed by atoms with Crippen LogP contribution in [-0.4, -0.2) is 83.7 Å². The molecule has 4 heterocycles. The second kappa shape index (κ2) is 19.2. The number of nitrogens with one attached hydrogen (secondary N) is 6. The van der Waals surface area contributed by atoms with E-state index in [4.69, 9.17) is 22.2 Å². The lowest BCUT2D eigenvalue weighted by atomic mass is 10.0. The van der Waals surface area contributed by atoms with Gasteiger partial charge in [-0.15, -0.1) is 0 Å². The van der Waals surface area contributed by atoms with Crippen LogP contribution in [0.25, 0.3) is 44.4 Å². The number of rotatable bonds is 19. The second-order valence-corrected chi connectivity index (χ2v) is 15.6. The summed E-state index contributed by atoms with van der Waals surface area (Å²) in [6.45, 7) is 0.791. The number of aromatic amines is 3. The number of guanidine groups is 1. The van der Waals surface area contributed by atoms with Gasteiger partial charge in [-0.05, 0) is 66.3 Å². The molecular weight excluding hydrogens is 811 g/mol. The van der Waals surface area contributed by atoms with Crippen LogP contribution in [0, 0.1) is 0 Å². The van der Waals surface area contributed by atoms with E-state index in [1.165, 1.54) is 0 Å². The standard InChI is InChI=1S/C47H49N13O4/c48-42(61)38(23-31-25-54-35-14-7-5-12-33(31)35)58-46(64)39(21-28-9-2-1-3-10-28)59-45(63)36(15-8-19-52-47(49)50)57-44(62)29-16-17-41-37(22-29)56-43(40-26-51-27-55-40)60(41)20-18-30-24-53-34-13-6-4-11-32(30)34/h1-7,9-14,16-17,22,24-27,36,38-39,53-54H,8,15,18-21,23H2,(H2,48,61)(H,51,55)(H,57,62)(H,58,64)(H,59,63)(H4,49,50,52)/t36-,38-,39+/m0/s1. The number of para-hydroxylation sites is 2. The normalized spacial score (nSPS) is 12.8. The van der Waals surface area contributed by atoms with Crippen molar-refractivity contribution in [1.82, 2.24) is 45.4 Å². The number of aliphatic imine (C=N–C) groups is 1. The third-order valence-corrected chi connectivity index (χ3v) is 11.3. The molecule has 3 atom stereocenters. The van der Waals surface area contributed by atoms with Crippen molar-refractivity contribution in [2.45, 2.75) is 56.8 Å². The zero-order valence-electron chi connectivity index (χ0n) is 34.9. The maximum atomic E-state index is 14.3. The molecule has 4 aromatic heterocycles. The van der Waals surface area contributed by atoms with E-state index >= 15 is 0 Å². The minimum absolute atomic E-state index is 0.0872. The molecule has 4 aromatic carbocycles. The van der Waals surface area contributed by atoms with Gasteiger partial charge in [-0.3, -0.25) is 24.2 Å². The summed E-state index contributed by atoms with van der Waals surface area (Å²) in [6, 6.07) is 26.8. The number of primary amides is 1. The van der Waals surface area contributed by atoms with Crippen LogP contribution in [-0.2, 0) is 40.2 Å². The number of aryl methyl sites for hydroxylation is 2. The molecule has 0 bridgehead atoms. The summed E-state index contributed by atoms with van der Waals surface area (Å²) in [5.74, 6) is -1.96. The van der Waals surface area contributed by atoms with E-state index in [0.717, 1.165) is 44.0 Å². The number of hydrogen-bond acceptors (Lipinski definition) is 7. The van der Waals surface area contributed by atoms with Gasteiger partial charge >= 0.3 is 0 Å². The van der Waals surface area contributed by atoms with Crippen molar-refractivity contribution >= 4 is 62.4 Å². The first-order valence-electron chi connectivity index (χ1n) is 21.0. The highest BCUT2D eigenvalue weighted by Gasteiger charge is 2.30. The molecule has 0 spiro atoms. The molecular formula is C47H49N13O4. The number of aromatic nitrogens is 6. The Morgan fingerprint density at radius 2 is 1.39 bits per heavy atom. The molecule has 0 aliphatic heterocycles. The molecule has 17 nitrogen and oxygen atoms in total. The van der Waals surface area contributed by atoms with Crippen LogP contribution >= 0.6 is 0 Å².